The van der Waals surface area contributed by atoms with Crippen LogP contribution in [-0.4, -0.2) is 12.0 Å². The molecule has 0 aliphatic rings. The molecule has 0 radical (unpaired) electrons. The van der Waals surface area contributed by atoms with Gasteiger partial charge in [0, 0.05) is 31.3 Å². The van der Waals surface area contributed by atoms with Gasteiger partial charge in [0.15, 0.2) is 0 Å². The van der Waals surface area contributed by atoms with Crippen LogP contribution in [0.3, 0.4) is 0 Å². The molecule has 2 nitrogen and oxygen atoms in total. The van der Waals surface area contributed by atoms with E-state index in [4.69, 9.17) is 0 Å². The first-order valence-corrected chi connectivity index (χ1v) is 6.77. The molecule has 0 unspecified atom stereocenters. The number of nitrogens with zero attached hydrogens (tertiary/aromatic N) is 2. The second-order valence-electron chi connectivity index (χ2n) is 4.14. The smallest absolute Gasteiger partial charge is 0.146 e. The van der Waals surface area contributed by atoms with E-state index in [9.17, 15) is 4.39 Å². The molecular weight excluding hydrogens is 295 g/mol. The van der Waals surface area contributed by atoms with Gasteiger partial charge in [0.2, 0.25) is 0 Å². The third-order valence-corrected chi connectivity index (χ3v) is 3.37. The van der Waals surface area contributed by atoms with E-state index in [2.05, 4.69) is 20.9 Å². The summed E-state index contributed by atoms with van der Waals surface area (Å²) in [6, 6.07) is 9.15. The zero-order valence-corrected chi connectivity index (χ0v) is 11.7. The Morgan fingerprint density at radius 1 is 1.28 bits per heavy atom. The number of hydrogen-bond donors (Lipinski definition) is 0. The van der Waals surface area contributed by atoms with Gasteiger partial charge >= 0.3 is 0 Å². The minimum Gasteiger partial charge on any atom is -0.368 e. The fourth-order valence-corrected chi connectivity index (χ4v) is 2.14. The van der Waals surface area contributed by atoms with Crippen molar-refractivity contribution in [3.05, 3.63) is 59.7 Å². The van der Waals surface area contributed by atoms with Gasteiger partial charge in [0.25, 0.3) is 0 Å². The van der Waals surface area contributed by atoms with Crippen LogP contribution in [0, 0.1) is 5.82 Å². The average molecular weight is 309 g/mol. The number of benzene rings is 1. The van der Waals surface area contributed by atoms with E-state index < -0.39 is 0 Å². The quantitative estimate of drug-likeness (QED) is 0.800. The molecule has 1 aromatic carbocycles. The molecule has 2 aromatic rings. The second-order valence-corrected chi connectivity index (χ2v) is 4.70. The van der Waals surface area contributed by atoms with E-state index >= 15 is 0 Å². The molecule has 1 heterocycles. The zero-order valence-electron chi connectivity index (χ0n) is 10.1. The number of pyridine rings is 1. The lowest BCUT2D eigenvalue weighted by atomic mass is 10.2. The van der Waals surface area contributed by atoms with Crippen LogP contribution in [0.1, 0.15) is 11.1 Å². The standard InChI is InChI=1S/C14H14BrFN2/c1-18(10-12-3-2-6-17-9-12)14-5-4-11(8-15)7-13(14)16/h2-7,9H,8,10H2,1H3. The van der Waals surface area contributed by atoms with Gasteiger partial charge in [-0.25, -0.2) is 4.39 Å². The molecule has 0 amide bonds. The number of anilines is 1. The highest BCUT2D eigenvalue weighted by atomic mass is 79.9. The van der Waals surface area contributed by atoms with Crippen molar-refractivity contribution >= 4 is 21.6 Å². The Balaban J connectivity index is 2.16. The van der Waals surface area contributed by atoms with Crippen molar-refractivity contribution in [1.82, 2.24) is 4.98 Å². The number of halogens is 2. The SMILES string of the molecule is CN(Cc1cccnc1)c1ccc(CBr)cc1F. The van der Waals surface area contributed by atoms with Crippen molar-refractivity contribution in [3.63, 3.8) is 0 Å². The van der Waals surface area contributed by atoms with Crippen LogP contribution in [0.25, 0.3) is 0 Å². The summed E-state index contributed by atoms with van der Waals surface area (Å²) in [5.41, 5.74) is 2.60. The number of alkyl halides is 1. The lowest BCUT2D eigenvalue weighted by Crippen LogP contribution is -2.17. The van der Waals surface area contributed by atoms with Crippen LogP contribution in [0.2, 0.25) is 0 Å². The maximum absolute atomic E-state index is 13.9. The van der Waals surface area contributed by atoms with Gasteiger partial charge in [-0.2, -0.15) is 0 Å². The summed E-state index contributed by atoms with van der Waals surface area (Å²) in [7, 11) is 1.87. The minimum atomic E-state index is -0.196. The Morgan fingerprint density at radius 3 is 2.72 bits per heavy atom. The monoisotopic (exact) mass is 308 g/mol. The van der Waals surface area contributed by atoms with Gasteiger partial charge in [-0.1, -0.05) is 28.1 Å². The van der Waals surface area contributed by atoms with E-state index in [-0.39, 0.29) is 5.82 Å². The molecule has 0 saturated carbocycles. The van der Waals surface area contributed by atoms with Crippen LogP contribution >= 0.6 is 15.9 Å². The highest BCUT2D eigenvalue weighted by molar-refractivity contribution is 9.08. The summed E-state index contributed by atoms with van der Waals surface area (Å²) < 4.78 is 13.9. The molecule has 94 valence electrons. The first kappa shape index (κ1) is 13.0. The average Bonchev–Trinajstić information content (AvgIpc) is 2.39. The molecule has 0 atom stereocenters. The van der Waals surface area contributed by atoms with Gasteiger partial charge in [-0.05, 0) is 29.3 Å². The Morgan fingerprint density at radius 2 is 2.11 bits per heavy atom. The topological polar surface area (TPSA) is 16.1 Å². The summed E-state index contributed by atoms with van der Waals surface area (Å²) in [4.78, 5) is 5.93. The molecule has 0 fully saturated rings. The van der Waals surface area contributed by atoms with Crippen molar-refractivity contribution in [2.45, 2.75) is 11.9 Å². The zero-order chi connectivity index (χ0) is 13.0. The fraction of sp³-hybridized carbons (Fsp3) is 0.214. The van der Waals surface area contributed by atoms with Crippen molar-refractivity contribution in [3.8, 4) is 0 Å². The maximum atomic E-state index is 13.9. The molecule has 0 N–H and O–H groups in total. The number of hydrogen-bond acceptors (Lipinski definition) is 2. The molecule has 0 spiro atoms. The largest absolute Gasteiger partial charge is 0.368 e. The van der Waals surface area contributed by atoms with Crippen molar-refractivity contribution in [2.75, 3.05) is 11.9 Å². The molecule has 1 aromatic heterocycles. The Hall–Kier alpha value is -1.42. The molecule has 2 rings (SSSR count). The Kier molecular flexibility index (Phi) is 4.31. The van der Waals surface area contributed by atoms with Crippen LogP contribution in [-0.2, 0) is 11.9 Å². The van der Waals surface area contributed by atoms with Crippen molar-refractivity contribution in [2.24, 2.45) is 0 Å². The van der Waals surface area contributed by atoms with Crippen molar-refractivity contribution < 1.29 is 4.39 Å². The summed E-state index contributed by atoms with van der Waals surface area (Å²) in [6.45, 7) is 0.637. The maximum Gasteiger partial charge on any atom is 0.146 e. The Labute approximate surface area is 115 Å². The highest BCUT2D eigenvalue weighted by Gasteiger charge is 2.08. The van der Waals surface area contributed by atoms with Crippen LogP contribution in [0.5, 0.6) is 0 Å². The summed E-state index contributed by atoms with van der Waals surface area (Å²) in [5, 5.41) is 0.663. The lowest BCUT2D eigenvalue weighted by Gasteiger charge is -2.20. The summed E-state index contributed by atoms with van der Waals surface area (Å²) >= 11 is 3.32. The van der Waals surface area contributed by atoms with Crippen LogP contribution < -0.4 is 4.90 Å². The van der Waals surface area contributed by atoms with E-state index in [1.807, 2.05) is 36.2 Å². The van der Waals surface area contributed by atoms with Gasteiger partial charge in [0.05, 0.1) is 5.69 Å². The van der Waals surface area contributed by atoms with Gasteiger partial charge in [0.1, 0.15) is 5.82 Å². The number of aromatic nitrogens is 1. The normalized spacial score (nSPS) is 10.4. The van der Waals surface area contributed by atoms with E-state index in [1.165, 1.54) is 0 Å². The summed E-state index contributed by atoms with van der Waals surface area (Å²) in [6.07, 6.45) is 3.52. The van der Waals surface area contributed by atoms with E-state index in [0.29, 0.717) is 17.6 Å². The molecular formula is C14H14BrFN2. The van der Waals surface area contributed by atoms with Gasteiger partial charge < -0.3 is 4.90 Å². The first-order chi connectivity index (χ1) is 8.70. The van der Waals surface area contributed by atoms with Gasteiger partial charge in [-0.15, -0.1) is 0 Å². The summed E-state index contributed by atoms with van der Waals surface area (Å²) in [5.74, 6) is -0.196. The molecule has 0 aliphatic carbocycles. The molecule has 0 aliphatic heterocycles. The van der Waals surface area contributed by atoms with Crippen LogP contribution in [0.15, 0.2) is 42.7 Å². The second kappa shape index (κ2) is 5.96. The molecule has 0 bridgehead atoms. The van der Waals surface area contributed by atoms with Crippen molar-refractivity contribution in [1.29, 1.82) is 0 Å². The predicted molar refractivity (Wildman–Crippen MR) is 75.4 cm³/mol. The minimum absolute atomic E-state index is 0.196. The third-order valence-electron chi connectivity index (χ3n) is 2.72. The van der Waals surface area contributed by atoms with Gasteiger partial charge in [-0.3, -0.25) is 4.98 Å². The lowest BCUT2D eigenvalue weighted by molar-refractivity contribution is 0.621. The molecule has 4 heteroatoms. The van der Waals surface area contributed by atoms with E-state index in [0.717, 1.165) is 11.1 Å². The highest BCUT2D eigenvalue weighted by Crippen LogP contribution is 2.22. The Bertz CT molecular complexity index is 516. The number of rotatable bonds is 4. The fourth-order valence-electron chi connectivity index (χ4n) is 1.79. The third kappa shape index (κ3) is 3.07. The molecule has 0 saturated heterocycles. The molecule has 18 heavy (non-hydrogen) atoms. The predicted octanol–water partition coefficient (Wildman–Crippen LogP) is 3.75. The van der Waals surface area contributed by atoms with E-state index in [1.54, 1.807) is 18.5 Å². The first-order valence-electron chi connectivity index (χ1n) is 5.65. The van der Waals surface area contributed by atoms with Crippen LogP contribution in [0.4, 0.5) is 10.1 Å².